The van der Waals surface area contributed by atoms with Crippen LogP contribution in [0.2, 0.25) is 0 Å². The van der Waals surface area contributed by atoms with Gasteiger partial charge in [0.25, 0.3) is 5.91 Å². The van der Waals surface area contributed by atoms with Crippen LogP contribution in [-0.4, -0.2) is 46.4 Å². The lowest BCUT2D eigenvalue weighted by molar-refractivity contribution is -0.133. The summed E-state index contributed by atoms with van der Waals surface area (Å²) in [5.41, 5.74) is 1.85. The van der Waals surface area contributed by atoms with Crippen molar-refractivity contribution in [3.63, 3.8) is 0 Å². The zero-order valence-electron chi connectivity index (χ0n) is 14.9. The van der Waals surface area contributed by atoms with Crippen LogP contribution in [0.5, 0.6) is 0 Å². The fraction of sp³-hybridized carbons (Fsp3) is 0.263. The van der Waals surface area contributed by atoms with Crippen LogP contribution < -0.4 is 5.32 Å². The molecule has 0 spiro atoms. The predicted molar refractivity (Wildman–Crippen MR) is 99.1 cm³/mol. The molecule has 1 N–H and O–H groups in total. The van der Waals surface area contributed by atoms with Crippen LogP contribution in [0.1, 0.15) is 24.2 Å². The molecule has 0 bridgehead atoms. The van der Waals surface area contributed by atoms with Crippen molar-refractivity contribution < 1.29 is 14.3 Å². The molecule has 0 saturated heterocycles. The summed E-state index contributed by atoms with van der Waals surface area (Å²) < 4.78 is 5.14. The molecule has 0 unspecified atom stereocenters. The second kappa shape index (κ2) is 9.31. The average molecular weight is 354 g/mol. The van der Waals surface area contributed by atoms with Gasteiger partial charge in [0, 0.05) is 31.2 Å². The Labute approximate surface area is 152 Å². The minimum Gasteiger partial charge on any atom is -0.452 e. The summed E-state index contributed by atoms with van der Waals surface area (Å²) in [4.78, 5) is 34.1. The SMILES string of the molecule is C=C(C)CN(CC)C(=O)COC(=O)c1cccc(Nc2ncccn2)c1. The van der Waals surface area contributed by atoms with Crippen molar-refractivity contribution in [2.24, 2.45) is 0 Å². The Balaban J connectivity index is 1.96. The number of esters is 1. The third kappa shape index (κ3) is 5.70. The largest absolute Gasteiger partial charge is 0.452 e. The summed E-state index contributed by atoms with van der Waals surface area (Å²) in [5, 5.41) is 3.00. The third-order valence-electron chi connectivity index (χ3n) is 3.44. The fourth-order valence-electron chi connectivity index (χ4n) is 2.22. The lowest BCUT2D eigenvalue weighted by Crippen LogP contribution is -2.35. The van der Waals surface area contributed by atoms with Crippen LogP contribution in [-0.2, 0) is 9.53 Å². The molecule has 2 rings (SSSR count). The topological polar surface area (TPSA) is 84.4 Å². The van der Waals surface area contributed by atoms with Gasteiger partial charge in [0.1, 0.15) is 0 Å². The highest BCUT2D eigenvalue weighted by molar-refractivity contribution is 5.92. The molecule has 0 saturated carbocycles. The van der Waals surface area contributed by atoms with Gasteiger partial charge in [-0.15, -0.1) is 0 Å². The molecule has 136 valence electrons. The van der Waals surface area contributed by atoms with Crippen LogP contribution >= 0.6 is 0 Å². The van der Waals surface area contributed by atoms with Crippen LogP contribution in [0.4, 0.5) is 11.6 Å². The molecule has 7 heteroatoms. The van der Waals surface area contributed by atoms with Gasteiger partial charge in [-0.2, -0.15) is 0 Å². The maximum absolute atomic E-state index is 12.2. The van der Waals surface area contributed by atoms with Gasteiger partial charge in [0.2, 0.25) is 5.95 Å². The number of hydrogen-bond acceptors (Lipinski definition) is 6. The first kappa shape index (κ1) is 19.1. The number of carbonyl (C=O) groups is 2. The van der Waals surface area contributed by atoms with Crippen molar-refractivity contribution >= 4 is 23.5 Å². The minimum absolute atomic E-state index is 0.254. The highest BCUT2D eigenvalue weighted by Gasteiger charge is 2.15. The number of hydrogen-bond donors (Lipinski definition) is 1. The first-order valence-electron chi connectivity index (χ1n) is 8.23. The molecular formula is C19H22N4O3. The molecule has 7 nitrogen and oxygen atoms in total. The summed E-state index contributed by atoms with van der Waals surface area (Å²) in [7, 11) is 0. The first-order chi connectivity index (χ1) is 12.5. The zero-order valence-corrected chi connectivity index (χ0v) is 14.9. The molecule has 1 heterocycles. The van der Waals surface area contributed by atoms with E-state index in [0.717, 1.165) is 5.57 Å². The Hall–Kier alpha value is -3.22. The van der Waals surface area contributed by atoms with Gasteiger partial charge >= 0.3 is 5.97 Å². The number of nitrogens with zero attached hydrogens (tertiary/aromatic N) is 3. The molecule has 1 amide bonds. The molecule has 1 aromatic carbocycles. The smallest absolute Gasteiger partial charge is 0.338 e. The Morgan fingerprint density at radius 3 is 2.62 bits per heavy atom. The van der Waals surface area contributed by atoms with Gasteiger partial charge in [-0.05, 0) is 38.1 Å². The van der Waals surface area contributed by atoms with Gasteiger partial charge in [-0.1, -0.05) is 18.2 Å². The Kier molecular flexibility index (Phi) is 6.84. The van der Waals surface area contributed by atoms with E-state index in [1.54, 1.807) is 47.6 Å². The Morgan fingerprint density at radius 2 is 1.96 bits per heavy atom. The quantitative estimate of drug-likeness (QED) is 0.580. The lowest BCUT2D eigenvalue weighted by Gasteiger charge is -2.20. The fourth-order valence-corrected chi connectivity index (χ4v) is 2.22. The summed E-state index contributed by atoms with van der Waals surface area (Å²) in [6.45, 7) is 8.17. The minimum atomic E-state index is -0.567. The van der Waals surface area contributed by atoms with E-state index in [1.165, 1.54) is 0 Å². The van der Waals surface area contributed by atoms with E-state index in [4.69, 9.17) is 4.74 Å². The number of benzene rings is 1. The number of nitrogens with one attached hydrogen (secondary N) is 1. The van der Waals surface area contributed by atoms with Gasteiger partial charge in [0.15, 0.2) is 6.61 Å². The average Bonchev–Trinajstić information content (AvgIpc) is 2.64. The summed E-state index contributed by atoms with van der Waals surface area (Å²) in [5.74, 6) is -0.398. The van der Waals surface area contributed by atoms with E-state index in [9.17, 15) is 9.59 Å². The van der Waals surface area contributed by atoms with Crippen LogP contribution in [0, 0.1) is 0 Å². The normalized spacial score (nSPS) is 10.1. The maximum atomic E-state index is 12.2. The van der Waals surface area contributed by atoms with E-state index in [0.29, 0.717) is 30.3 Å². The predicted octanol–water partition coefficient (Wildman–Crippen LogP) is 2.80. The van der Waals surface area contributed by atoms with Crippen molar-refractivity contribution in [1.29, 1.82) is 0 Å². The number of aromatic nitrogens is 2. The van der Waals surface area contributed by atoms with Crippen molar-refractivity contribution in [2.75, 3.05) is 25.0 Å². The second-order valence-electron chi connectivity index (χ2n) is 5.72. The molecule has 0 aliphatic heterocycles. The van der Waals surface area contributed by atoms with E-state index < -0.39 is 5.97 Å². The van der Waals surface area contributed by atoms with E-state index in [-0.39, 0.29) is 12.5 Å². The summed E-state index contributed by atoms with van der Waals surface area (Å²) >= 11 is 0. The summed E-state index contributed by atoms with van der Waals surface area (Å²) in [6, 6.07) is 8.44. The molecule has 0 radical (unpaired) electrons. The number of rotatable bonds is 8. The second-order valence-corrected chi connectivity index (χ2v) is 5.72. The first-order valence-corrected chi connectivity index (χ1v) is 8.23. The van der Waals surface area contributed by atoms with Gasteiger partial charge in [0.05, 0.1) is 5.56 Å². The van der Waals surface area contributed by atoms with Crippen molar-refractivity contribution in [3.05, 3.63) is 60.4 Å². The lowest BCUT2D eigenvalue weighted by atomic mass is 10.2. The van der Waals surface area contributed by atoms with Crippen molar-refractivity contribution in [3.8, 4) is 0 Å². The van der Waals surface area contributed by atoms with Gasteiger partial charge in [-0.25, -0.2) is 14.8 Å². The molecule has 0 aliphatic carbocycles. The molecule has 2 aromatic rings. The summed E-state index contributed by atoms with van der Waals surface area (Å²) in [6.07, 6.45) is 3.23. The van der Waals surface area contributed by atoms with Gasteiger partial charge in [-0.3, -0.25) is 4.79 Å². The molecule has 0 atom stereocenters. The Morgan fingerprint density at radius 1 is 1.23 bits per heavy atom. The number of carbonyl (C=O) groups excluding carboxylic acids is 2. The molecule has 0 aliphatic rings. The van der Waals surface area contributed by atoms with Crippen LogP contribution in [0.25, 0.3) is 0 Å². The van der Waals surface area contributed by atoms with Crippen molar-refractivity contribution in [1.82, 2.24) is 14.9 Å². The number of likely N-dealkylation sites (N-methyl/N-ethyl adjacent to an activating group) is 1. The number of amides is 1. The molecule has 1 aromatic heterocycles. The van der Waals surface area contributed by atoms with E-state index in [1.807, 2.05) is 13.8 Å². The molecular weight excluding hydrogens is 332 g/mol. The zero-order chi connectivity index (χ0) is 18.9. The van der Waals surface area contributed by atoms with Gasteiger partial charge < -0.3 is 15.0 Å². The third-order valence-corrected chi connectivity index (χ3v) is 3.44. The number of anilines is 2. The standard InChI is InChI=1S/C19H22N4O3/c1-4-23(12-14(2)3)17(24)13-26-18(25)15-7-5-8-16(11-15)22-19-20-9-6-10-21-19/h5-11H,2,4,12-13H2,1,3H3,(H,20,21,22). The Bertz CT molecular complexity index is 777. The molecule has 0 fully saturated rings. The molecule has 26 heavy (non-hydrogen) atoms. The highest BCUT2D eigenvalue weighted by atomic mass is 16.5. The highest BCUT2D eigenvalue weighted by Crippen LogP contribution is 2.15. The van der Waals surface area contributed by atoms with Crippen LogP contribution in [0.15, 0.2) is 54.9 Å². The van der Waals surface area contributed by atoms with E-state index in [2.05, 4.69) is 21.9 Å². The monoisotopic (exact) mass is 354 g/mol. The van der Waals surface area contributed by atoms with E-state index >= 15 is 0 Å². The van der Waals surface area contributed by atoms with Crippen molar-refractivity contribution in [2.45, 2.75) is 13.8 Å². The maximum Gasteiger partial charge on any atom is 0.338 e. The number of ether oxygens (including phenoxy) is 1. The van der Waals surface area contributed by atoms with Crippen LogP contribution in [0.3, 0.4) is 0 Å².